The summed E-state index contributed by atoms with van der Waals surface area (Å²) >= 11 is 0. The second-order valence-electron chi connectivity index (χ2n) is 4.35. The van der Waals surface area contributed by atoms with Crippen molar-refractivity contribution >= 4 is 17.2 Å². The number of rotatable bonds is 2. The van der Waals surface area contributed by atoms with Gasteiger partial charge in [0.25, 0.3) is 5.91 Å². The van der Waals surface area contributed by atoms with Crippen LogP contribution in [0.2, 0.25) is 0 Å². The van der Waals surface area contributed by atoms with E-state index in [4.69, 9.17) is 0 Å². The van der Waals surface area contributed by atoms with E-state index in [0.717, 1.165) is 6.20 Å². The maximum Gasteiger partial charge on any atom is 0.261 e. The number of nitrogens with zero attached hydrogens (tertiary/aromatic N) is 3. The molecule has 3 aromatic rings. The minimum atomic E-state index is -2.31. The molecule has 1 N–H and O–H groups in total. The molecule has 0 saturated carbocycles. The maximum atomic E-state index is 13.5. The van der Waals surface area contributed by atoms with E-state index in [1.54, 1.807) is 5.32 Å². The molecule has 23 heavy (non-hydrogen) atoms. The SMILES string of the molecule is O=C(Nc1c(F)c(F)c(F)c(F)c1F)c1cnn2cccnc12. The molecule has 0 atom stereocenters. The van der Waals surface area contributed by atoms with Crippen LogP contribution < -0.4 is 5.32 Å². The van der Waals surface area contributed by atoms with Crippen LogP contribution in [0.25, 0.3) is 5.65 Å². The Morgan fingerprint density at radius 2 is 1.61 bits per heavy atom. The third-order valence-corrected chi connectivity index (χ3v) is 2.97. The number of carbonyl (C=O) groups excluding carboxylic acids is 1. The van der Waals surface area contributed by atoms with Crippen LogP contribution in [0.5, 0.6) is 0 Å². The van der Waals surface area contributed by atoms with E-state index in [9.17, 15) is 26.7 Å². The van der Waals surface area contributed by atoms with Gasteiger partial charge in [-0.25, -0.2) is 31.5 Å². The van der Waals surface area contributed by atoms with Gasteiger partial charge in [0.05, 0.1) is 6.20 Å². The summed E-state index contributed by atoms with van der Waals surface area (Å²) in [6, 6.07) is 1.52. The molecule has 3 rings (SSSR count). The number of hydrogen-bond acceptors (Lipinski definition) is 3. The summed E-state index contributed by atoms with van der Waals surface area (Å²) in [7, 11) is 0. The van der Waals surface area contributed by atoms with Crippen LogP contribution in [0, 0.1) is 29.1 Å². The molecule has 0 radical (unpaired) electrons. The number of nitrogens with one attached hydrogen (secondary N) is 1. The minimum absolute atomic E-state index is 0.0499. The van der Waals surface area contributed by atoms with Gasteiger partial charge in [-0.2, -0.15) is 5.10 Å². The number of benzene rings is 1. The molecule has 5 nitrogen and oxygen atoms in total. The number of amides is 1. The van der Waals surface area contributed by atoms with Crippen LogP contribution in [-0.4, -0.2) is 20.5 Å². The van der Waals surface area contributed by atoms with E-state index < -0.39 is 40.7 Å². The van der Waals surface area contributed by atoms with E-state index in [1.165, 1.54) is 23.0 Å². The molecule has 0 aliphatic carbocycles. The lowest BCUT2D eigenvalue weighted by atomic mass is 10.2. The van der Waals surface area contributed by atoms with Gasteiger partial charge >= 0.3 is 0 Å². The molecule has 1 amide bonds. The predicted molar refractivity (Wildman–Crippen MR) is 67.2 cm³/mol. The Morgan fingerprint density at radius 3 is 2.26 bits per heavy atom. The van der Waals surface area contributed by atoms with Gasteiger partial charge in [-0.3, -0.25) is 4.79 Å². The summed E-state index contributed by atoms with van der Waals surface area (Å²) in [6.07, 6.45) is 3.84. The normalized spacial score (nSPS) is 11.0. The van der Waals surface area contributed by atoms with Crippen LogP contribution >= 0.6 is 0 Å². The Kier molecular flexibility index (Phi) is 3.43. The monoisotopic (exact) mass is 328 g/mol. The molecule has 0 aliphatic rings. The first kappa shape index (κ1) is 14.9. The number of fused-ring (bicyclic) bond motifs is 1. The Balaban J connectivity index is 2.04. The topological polar surface area (TPSA) is 59.3 Å². The zero-order valence-electron chi connectivity index (χ0n) is 10.9. The van der Waals surface area contributed by atoms with Crippen LogP contribution in [-0.2, 0) is 0 Å². The first-order chi connectivity index (χ1) is 10.9. The standard InChI is InChI=1S/C13H5F5N4O/c14-6-7(15)9(17)11(10(18)8(6)16)21-13(23)5-4-20-22-3-1-2-19-12(5)22/h1-4H,(H,21,23). The van der Waals surface area contributed by atoms with E-state index in [2.05, 4.69) is 10.1 Å². The lowest BCUT2D eigenvalue weighted by Crippen LogP contribution is -2.17. The fourth-order valence-electron chi connectivity index (χ4n) is 1.88. The van der Waals surface area contributed by atoms with Crippen LogP contribution in [0.4, 0.5) is 27.6 Å². The van der Waals surface area contributed by atoms with Crippen LogP contribution in [0.3, 0.4) is 0 Å². The maximum absolute atomic E-state index is 13.5. The highest BCUT2D eigenvalue weighted by atomic mass is 19.2. The van der Waals surface area contributed by atoms with Gasteiger partial charge in [-0.1, -0.05) is 0 Å². The van der Waals surface area contributed by atoms with Crippen LogP contribution in [0.15, 0.2) is 24.7 Å². The molecular formula is C13H5F5N4O. The predicted octanol–water partition coefficient (Wildman–Crippen LogP) is 2.68. The van der Waals surface area contributed by atoms with Crippen molar-refractivity contribution in [3.8, 4) is 0 Å². The van der Waals surface area contributed by atoms with Crippen molar-refractivity contribution < 1.29 is 26.7 Å². The molecular weight excluding hydrogens is 323 g/mol. The fraction of sp³-hybridized carbons (Fsp3) is 0. The van der Waals surface area contributed by atoms with Crippen molar-refractivity contribution in [1.29, 1.82) is 0 Å². The smallest absolute Gasteiger partial charge is 0.261 e. The highest BCUT2D eigenvalue weighted by Crippen LogP contribution is 2.27. The minimum Gasteiger partial charge on any atom is -0.317 e. The van der Waals surface area contributed by atoms with Gasteiger partial charge in [-0.05, 0) is 6.07 Å². The molecule has 2 heterocycles. The number of hydrogen-bond donors (Lipinski definition) is 1. The van der Waals surface area contributed by atoms with Gasteiger partial charge in [0, 0.05) is 12.4 Å². The molecule has 0 unspecified atom stereocenters. The zero-order chi connectivity index (χ0) is 16.7. The average molecular weight is 328 g/mol. The quantitative estimate of drug-likeness (QED) is 0.447. The molecule has 0 fully saturated rings. The second kappa shape index (κ2) is 5.30. The summed E-state index contributed by atoms with van der Waals surface area (Å²) in [5.41, 5.74) is -1.59. The number of carbonyl (C=O) groups is 1. The lowest BCUT2D eigenvalue weighted by molar-refractivity contribution is 0.102. The summed E-state index contributed by atoms with van der Waals surface area (Å²) in [5, 5.41) is 5.43. The molecule has 0 bridgehead atoms. The van der Waals surface area contributed by atoms with Gasteiger partial charge in [0.1, 0.15) is 11.3 Å². The molecule has 0 saturated heterocycles. The Bertz CT molecular complexity index is 910. The van der Waals surface area contributed by atoms with Crippen LogP contribution in [0.1, 0.15) is 10.4 Å². The summed E-state index contributed by atoms with van der Waals surface area (Å²) in [5.74, 6) is -12.0. The van der Waals surface area contributed by atoms with Gasteiger partial charge in [0.2, 0.25) is 5.82 Å². The first-order valence-corrected chi connectivity index (χ1v) is 6.03. The van der Waals surface area contributed by atoms with Crippen molar-refractivity contribution in [2.24, 2.45) is 0 Å². The first-order valence-electron chi connectivity index (χ1n) is 6.03. The molecule has 0 spiro atoms. The molecule has 2 aromatic heterocycles. The van der Waals surface area contributed by atoms with E-state index in [0.29, 0.717) is 0 Å². The number of anilines is 1. The van der Waals surface area contributed by atoms with Gasteiger partial charge in [0.15, 0.2) is 28.9 Å². The highest BCUT2D eigenvalue weighted by Gasteiger charge is 2.27. The van der Waals surface area contributed by atoms with E-state index >= 15 is 0 Å². The Labute approximate surface area is 124 Å². The van der Waals surface area contributed by atoms with Gasteiger partial charge in [-0.15, -0.1) is 0 Å². The number of aromatic nitrogens is 3. The van der Waals surface area contributed by atoms with Crippen molar-refractivity contribution in [2.75, 3.05) is 5.32 Å². The van der Waals surface area contributed by atoms with Crippen molar-refractivity contribution in [2.45, 2.75) is 0 Å². The lowest BCUT2D eigenvalue weighted by Gasteiger charge is -2.09. The van der Waals surface area contributed by atoms with Gasteiger partial charge < -0.3 is 5.32 Å². The zero-order valence-corrected chi connectivity index (χ0v) is 10.9. The van der Waals surface area contributed by atoms with Crippen molar-refractivity contribution in [3.63, 3.8) is 0 Å². The van der Waals surface area contributed by atoms with E-state index in [-0.39, 0.29) is 11.2 Å². The van der Waals surface area contributed by atoms with Crippen molar-refractivity contribution in [1.82, 2.24) is 14.6 Å². The summed E-state index contributed by atoms with van der Waals surface area (Å²) in [6.45, 7) is 0. The third kappa shape index (κ3) is 2.28. The average Bonchev–Trinajstić information content (AvgIpc) is 2.99. The summed E-state index contributed by atoms with van der Waals surface area (Å²) in [4.78, 5) is 15.9. The Hall–Kier alpha value is -3.04. The summed E-state index contributed by atoms with van der Waals surface area (Å²) < 4.78 is 67.5. The molecule has 0 aliphatic heterocycles. The number of halogens is 5. The van der Waals surface area contributed by atoms with E-state index in [1.807, 2.05) is 0 Å². The molecule has 118 valence electrons. The van der Waals surface area contributed by atoms with Crippen molar-refractivity contribution in [3.05, 3.63) is 59.3 Å². The fourth-order valence-corrected chi connectivity index (χ4v) is 1.88. The highest BCUT2D eigenvalue weighted by molar-refractivity contribution is 6.08. The largest absolute Gasteiger partial charge is 0.317 e. The molecule has 1 aromatic carbocycles. The molecule has 10 heteroatoms. The third-order valence-electron chi connectivity index (χ3n) is 2.97. The second-order valence-corrected chi connectivity index (χ2v) is 4.35. The Morgan fingerprint density at radius 1 is 1.00 bits per heavy atom.